The van der Waals surface area contributed by atoms with Crippen LogP contribution in [0, 0.1) is 0 Å². The number of hydrogen-bond donors (Lipinski definition) is 1. The summed E-state index contributed by atoms with van der Waals surface area (Å²) < 4.78 is 3.83. The van der Waals surface area contributed by atoms with E-state index in [-0.39, 0.29) is 0 Å². The van der Waals surface area contributed by atoms with Crippen LogP contribution in [0.15, 0.2) is 29.6 Å². The number of aromatic nitrogens is 2. The van der Waals surface area contributed by atoms with Gasteiger partial charge in [-0.25, -0.2) is 0 Å². The molecule has 1 heterocycles. The van der Waals surface area contributed by atoms with Gasteiger partial charge in [0.2, 0.25) is 0 Å². The number of nitrogens with one attached hydrogen (secondary N) is 1. The van der Waals surface area contributed by atoms with Crippen molar-refractivity contribution in [2.75, 3.05) is 0 Å². The minimum atomic E-state index is 0.786. The van der Waals surface area contributed by atoms with Crippen molar-refractivity contribution in [3.8, 4) is 0 Å². The first-order chi connectivity index (χ1) is 7.90. The Balaban J connectivity index is 1.89. The van der Waals surface area contributed by atoms with Crippen LogP contribution in [0.5, 0.6) is 0 Å². The van der Waals surface area contributed by atoms with Crippen LogP contribution in [-0.2, 0) is 19.5 Å². The average molecular weight is 233 g/mol. The zero-order valence-corrected chi connectivity index (χ0v) is 10.1. The van der Waals surface area contributed by atoms with E-state index < -0.39 is 0 Å². The topological polar surface area (TPSA) is 37.8 Å². The number of aryl methyl sites for hydroxylation is 1. The van der Waals surface area contributed by atoms with E-state index in [1.54, 1.807) is 0 Å². The molecular formula is C12H15N3S. The lowest BCUT2D eigenvalue weighted by Crippen LogP contribution is -2.14. The summed E-state index contributed by atoms with van der Waals surface area (Å²) in [6.45, 7) is 3.86. The molecule has 1 aromatic heterocycles. The predicted molar refractivity (Wildman–Crippen MR) is 66.3 cm³/mol. The first kappa shape index (κ1) is 11.2. The summed E-state index contributed by atoms with van der Waals surface area (Å²) in [6, 6.07) is 8.53. The minimum Gasteiger partial charge on any atom is -0.307 e. The average Bonchev–Trinajstić information content (AvgIpc) is 2.83. The van der Waals surface area contributed by atoms with E-state index in [2.05, 4.69) is 46.1 Å². The van der Waals surface area contributed by atoms with E-state index in [0.717, 1.165) is 25.2 Å². The van der Waals surface area contributed by atoms with Gasteiger partial charge in [0.05, 0.1) is 5.69 Å². The number of hydrogen-bond acceptors (Lipinski definition) is 4. The molecule has 0 unspecified atom stereocenters. The number of rotatable bonds is 5. The lowest BCUT2D eigenvalue weighted by Gasteiger charge is -2.07. The lowest BCUT2D eigenvalue weighted by molar-refractivity contribution is 0.673. The first-order valence-electron chi connectivity index (χ1n) is 5.43. The van der Waals surface area contributed by atoms with Crippen LogP contribution >= 0.6 is 11.5 Å². The molecule has 16 heavy (non-hydrogen) atoms. The standard InChI is InChI=1S/C12H15N3S/c1-2-10-5-3-4-6-11(10)7-13-8-12-9-16-15-14-12/h3-6,9,13H,2,7-8H2,1H3. The van der Waals surface area contributed by atoms with E-state index in [1.165, 1.54) is 22.7 Å². The summed E-state index contributed by atoms with van der Waals surface area (Å²) in [4.78, 5) is 0. The van der Waals surface area contributed by atoms with Crippen molar-refractivity contribution >= 4 is 11.5 Å². The van der Waals surface area contributed by atoms with Gasteiger partial charge in [0, 0.05) is 18.5 Å². The van der Waals surface area contributed by atoms with Crippen LogP contribution in [0.1, 0.15) is 23.7 Å². The van der Waals surface area contributed by atoms with Gasteiger partial charge in [-0.3, -0.25) is 0 Å². The Morgan fingerprint density at radius 2 is 2.00 bits per heavy atom. The van der Waals surface area contributed by atoms with Crippen LogP contribution in [-0.4, -0.2) is 9.59 Å². The van der Waals surface area contributed by atoms with Crippen molar-refractivity contribution in [3.63, 3.8) is 0 Å². The molecule has 0 saturated heterocycles. The maximum absolute atomic E-state index is 4.00. The molecule has 0 fully saturated rings. The highest BCUT2D eigenvalue weighted by atomic mass is 32.1. The van der Waals surface area contributed by atoms with Gasteiger partial charge in [-0.05, 0) is 29.1 Å². The normalized spacial score (nSPS) is 10.6. The largest absolute Gasteiger partial charge is 0.307 e. The zero-order chi connectivity index (χ0) is 11.2. The Morgan fingerprint density at radius 3 is 2.69 bits per heavy atom. The molecule has 1 aromatic carbocycles. The van der Waals surface area contributed by atoms with Crippen LogP contribution in [0.4, 0.5) is 0 Å². The Morgan fingerprint density at radius 1 is 1.19 bits per heavy atom. The van der Waals surface area contributed by atoms with Gasteiger partial charge in [-0.1, -0.05) is 35.7 Å². The smallest absolute Gasteiger partial charge is 0.0893 e. The SMILES string of the molecule is CCc1ccccc1CNCc1csnn1. The maximum Gasteiger partial charge on any atom is 0.0893 e. The van der Waals surface area contributed by atoms with Crippen LogP contribution in [0.3, 0.4) is 0 Å². The maximum atomic E-state index is 4.00. The molecule has 2 rings (SSSR count). The van der Waals surface area contributed by atoms with Crippen LogP contribution in [0.2, 0.25) is 0 Å². The van der Waals surface area contributed by atoms with Gasteiger partial charge in [0.15, 0.2) is 0 Å². The fourth-order valence-corrected chi connectivity index (χ4v) is 2.11. The number of nitrogens with zero attached hydrogens (tertiary/aromatic N) is 2. The van der Waals surface area contributed by atoms with Crippen molar-refractivity contribution in [1.82, 2.24) is 14.9 Å². The summed E-state index contributed by atoms with van der Waals surface area (Å²) >= 11 is 1.39. The van der Waals surface area contributed by atoms with Crippen molar-refractivity contribution in [1.29, 1.82) is 0 Å². The third-order valence-corrected chi connectivity index (χ3v) is 3.08. The summed E-state index contributed by atoms with van der Waals surface area (Å²) in [5, 5.41) is 9.35. The summed E-state index contributed by atoms with van der Waals surface area (Å²) in [7, 11) is 0. The number of benzene rings is 1. The molecule has 0 bridgehead atoms. The molecule has 0 spiro atoms. The van der Waals surface area contributed by atoms with Gasteiger partial charge in [-0.2, -0.15) is 0 Å². The predicted octanol–water partition coefficient (Wildman–Crippen LogP) is 2.39. The zero-order valence-electron chi connectivity index (χ0n) is 9.31. The Labute approximate surface area is 99.7 Å². The molecule has 0 aliphatic heterocycles. The fourth-order valence-electron chi connectivity index (χ4n) is 1.66. The second-order valence-corrected chi connectivity index (χ2v) is 4.23. The van der Waals surface area contributed by atoms with E-state index in [0.29, 0.717) is 0 Å². The molecule has 4 heteroatoms. The Bertz CT molecular complexity index is 426. The third-order valence-electron chi connectivity index (χ3n) is 2.53. The molecule has 0 saturated carbocycles. The van der Waals surface area contributed by atoms with Crippen molar-refractivity contribution in [2.45, 2.75) is 26.4 Å². The second kappa shape index (κ2) is 5.72. The molecule has 3 nitrogen and oxygen atoms in total. The minimum absolute atomic E-state index is 0.786. The highest BCUT2D eigenvalue weighted by molar-refractivity contribution is 7.03. The van der Waals surface area contributed by atoms with Gasteiger partial charge in [0.25, 0.3) is 0 Å². The second-order valence-electron chi connectivity index (χ2n) is 3.62. The van der Waals surface area contributed by atoms with Crippen LogP contribution in [0.25, 0.3) is 0 Å². The van der Waals surface area contributed by atoms with Gasteiger partial charge in [-0.15, -0.1) is 5.10 Å². The third kappa shape index (κ3) is 2.87. The molecule has 1 N–H and O–H groups in total. The lowest BCUT2D eigenvalue weighted by atomic mass is 10.1. The van der Waals surface area contributed by atoms with Crippen molar-refractivity contribution in [2.24, 2.45) is 0 Å². The monoisotopic (exact) mass is 233 g/mol. The first-order valence-corrected chi connectivity index (χ1v) is 6.27. The molecule has 0 aliphatic carbocycles. The summed E-state index contributed by atoms with van der Waals surface area (Å²) in [6.07, 6.45) is 1.08. The Kier molecular flexibility index (Phi) is 4.02. The quantitative estimate of drug-likeness (QED) is 0.861. The molecule has 2 aromatic rings. The van der Waals surface area contributed by atoms with Gasteiger partial charge >= 0.3 is 0 Å². The highest BCUT2D eigenvalue weighted by Crippen LogP contribution is 2.09. The van der Waals surface area contributed by atoms with E-state index in [1.807, 2.05) is 5.38 Å². The molecule has 0 radical (unpaired) electrons. The van der Waals surface area contributed by atoms with Gasteiger partial charge in [0.1, 0.15) is 0 Å². The van der Waals surface area contributed by atoms with E-state index >= 15 is 0 Å². The molecule has 84 valence electrons. The summed E-state index contributed by atoms with van der Waals surface area (Å²) in [5.41, 5.74) is 3.79. The highest BCUT2D eigenvalue weighted by Gasteiger charge is 2.00. The Hall–Kier alpha value is -1.26. The van der Waals surface area contributed by atoms with Crippen molar-refractivity contribution < 1.29 is 0 Å². The molecule has 0 aliphatic rings. The fraction of sp³-hybridized carbons (Fsp3) is 0.333. The van der Waals surface area contributed by atoms with Gasteiger partial charge < -0.3 is 5.32 Å². The van der Waals surface area contributed by atoms with Crippen LogP contribution < -0.4 is 5.32 Å². The molecular weight excluding hydrogens is 218 g/mol. The van der Waals surface area contributed by atoms with E-state index in [4.69, 9.17) is 0 Å². The van der Waals surface area contributed by atoms with E-state index in [9.17, 15) is 0 Å². The summed E-state index contributed by atoms with van der Waals surface area (Å²) in [5.74, 6) is 0. The molecule has 0 atom stereocenters. The molecule has 0 amide bonds. The van der Waals surface area contributed by atoms with Crippen molar-refractivity contribution in [3.05, 3.63) is 46.5 Å².